The lowest BCUT2D eigenvalue weighted by Crippen LogP contribution is -2.24. The molecule has 0 atom stereocenters. The second-order valence-electron chi connectivity index (χ2n) is 3.10. The summed E-state index contributed by atoms with van der Waals surface area (Å²) in [6.07, 6.45) is 1.61. The molecule has 0 spiro atoms. The molecule has 0 radical (unpaired) electrons. The fraction of sp³-hybridized carbons (Fsp3) is 0.200. The van der Waals surface area contributed by atoms with Crippen LogP contribution in [0.5, 0.6) is 0 Å². The number of nitrogens with zero attached hydrogens (tertiary/aromatic N) is 2. The molecule has 0 fully saturated rings. The van der Waals surface area contributed by atoms with E-state index in [1.54, 1.807) is 35.3 Å². The number of aromatic nitrogens is 2. The van der Waals surface area contributed by atoms with Gasteiger partial charge in [-0.3, -0.25) is 9.48 Å². The summed E-state index contributed by atoms with van der Waals surface area (Å²) in [5.74, 6) is -0.0941. The first-order valence-electron chi connectivity index (χ1n) is 4.56. The second-order valence-corrected chi connectivity index (χ2v) is 4.13. The lowest BCUT2D eigenvalue weighted by Gasteiger charge is -2.03. The molecule has 4 nitrogen and oxygen atoms in total. The van der Waals surface area contributed by atoms with Crippen LogP contribution in [-0.4, -0.2) is 15.7 Å². The first-order valence-corrected chi connectivity index (χ1v) is 5.44. The highest BCUT2D eigenvalue weighted by Gasteiger charge is 2.08. The molecule has 5 heteroatoms. The number of hydrogen-bond acceptors (Lipinski definition) is 3. The highest BCUT2D eigenvalue weighted by atomic mass is 32.1. The maximum atomic E-state index is 11.7. The van der Waals surface area contributed by atoms with Gasteiger partial charge in [0, 0.05) is 18.1 Å². The number of thiophene rings is 1. The third-order valence-electron chi connectivity index (χ3n) is 2.06. The molecular formula is C10H11N3OS. The Balaban J connectivity index is 1.96. The molecule has 78 valence electrons. The maximum Gasteiger partial charge on any atom is 0.269 e. The van der Waals surface area contributed by atoms with Gasteiger partial charge in [0.05, 0.1) is 6.54 Å². The summed E-state index contributed by atoms with van der Waals surface area (Å²) in [5.41, 5.74) is 0.576. The minimum absolute atomic E-state index is 0.0941. The molecule has 0 bridgehead atoms. The minimum Gasteiger partial charge on any atom is -0.346 e. The Morgan fingerprint density at radius 2 is 2.47 bits per heavy atom. The lowest BCUT2D eigenvalue weighted by molar-refractivity contribution is 0.0942. The molecule has 2 heterocycles. The quantitative estimate of drug-likeness (QED) is 0.852. The summed E-state index contributed by atoms with van der Waals surface area (Å²) in [7, 11) is 1.75. The van der Waals surface area contributed by atoms with Crippen LogP contribution >= 0.6 is 11.3 Å². The number of rotatable bonds is 3. The molecule has 1 amide bonds. The van der Waals surface area contributed by atoms with Crippen LogP contribution in [0.25, 0.3) is 0 Å². The van der Waals surface area contributed by atoms with Crippen molar-refractivity contribution in [1.82, 2.24) is 15.1 Å². The summed E-state index contributed by atoms with van der Waals surface area (Å²) >= 11 is 1.63. The van der Waals surface area contributed by atoms with E-state index in [0.29, 0.717) is 12.2 Å². The Kier molecular flexibility index (Phi) is 2.82. The highest BCUT2D eigenvalue weighted by Crippen LogP contribution is 2.07. The molecule has 15 heavy (non-hydrogen) atoms. The first-order chi connectivity index (χ1) is 7.27. The molecule has 0 aliphatic heterocycles. The van der Waals surface area contributed by atoms with E-state index in [-0.39, 0.29) is 5.91 Å². The predicted octanol–water partition coefficient (Wildman–Crippen LogP) is 1.41. The fourth-order valence-corrected chi connectivity index (χ4v) is 1.91. The number of nitrogens with one attached hydrogen (secondary N) is 1. The first kappa shape index (κ1) is 9.92. The monoisotopic (exact) mass is 221 g/mol. The normalized spacial score (nSPS) is 10.2. The summed E-state index contributed by atoms with van der Waals surface area (Å²) in [6, 6.07) is 5.66. The largest absolute Gasteiger partial charge is 0.346 e. The summed E-state index contributed by atoms with van der Waals surface area (Å²) in [5, 5.41) is 8.77. The van der Waals surface area contributed by atoms with Crippen molar-refractivity contribution in [3.05, 3.63) is 40.3 Å². The second kappa shape index (κ2) is 4.27. The van der Waals surface area contributed by atoms with E-state index in [9.17, 15) is 4.79 Å². The Bertz CT molecular complexity index is 447. The average Bonchev–Trinajstić information content (AvgIpc) is 2.84. The van der Waals surface area contributed by atoms with Crippen molar-refractivity contribution in [2.24, 2.45) is 7.05 Å². The Morgan fingerprint density at radius 1 is 1.60 bits per heavy atom. The van der Waals surface area contributed by atoms with Crippen molar-refractivity contribution in [2.75, 3.05) is 0 Å². The topological polar surface area (TPSA) is 46.9 Å². The standard InChI is InChI=1S/C10H11N3OS/c1-13-9(4-5-12-13)10(14)11-7-8-3-2-6-15-8/h2-6H,7H2,1H3,(H,11,14). The summed E-state index contributed by atoms with van der Waals surface area (Å²) in [4.78, 5) is 12.8. The molecule has 0 saturated heterocycles. The smallest absolute Gasteiger partial charge is 0.269 e. The van der Waals surface area contributed by atoms with Crippen molar-refractivity contribution in [2.45, 2.75) is 6.54 Å². The summed E-state index contributed by atoms with van der Waals surface area (Å²) < 4.78 is 1.56. The van der Waals surface area contributed by atoms with E-state index in [2.05, 4.69) is 10.4 Å². The molecule has 0 saturated carbocycles. The van der Waals surface area contributed by atoms with Crippen LogP contribution in [0.2, 0.25) is 0 Å². The van der Waals surface area contributed by atoms with Crippen molar-refractivity contribution in [1.29, 1.82) is 0 Å². The molecule has 0 aliphatic carbocycles. The molecule has 2 aromatic heterocycles. The fourth-order valence-electron chi connectivity index (χ4n) is 1.27. The molecular weight excluding hydrogens is 210 g/mol. The number of aryl methyl sites for hydroxylation is 1. The van der Waals surface area contributed by atoms with Crippen LogP contribution in [0.3, 0.4) is 0 Å². The van der Waals surface area contributed by atoms with E-state index < -0.39 is 0 Å². The number of hydrogen-bond donors (Lipinski definition) is 1. The molecule has 1 N–H and O–H groups in total. The Morgan fingerprint density at radius 3 is 3.07 bits per heavy atom. The molecule has 2 aromatic rings. The lowest BCUT2D eigenvalue weighted by atomic mass is 10.4. The van der Waals surface area contributed by atoms with Gasteiger partial charge in [-0.2, -0.15) is 5.10 Å². The van der Waals surface area contributed by atoms with Gasteiger partial charge in [0.25, 0.3) is 5.91 Å². The Labute approximate surface area is 91.5 Å². The zero-order chi connectivity index (χ0) is 10.7. The summed E-state index contributed by atoms with van der Waals surface area (Å²) in [6.45, 7) is 0.571. The van der Waals surface area contributed by atoms with Crippen molar-refractivity contribution in [3.8, 4) is 0 Å². The average molecular weight is 221 g/mol. The van der Waals surface area contributed by atoms with Crippen LogP contribution in [-0.2, 0) is 13.6 Å². The minimum atomic E-state index is -0.0941. The van der Waals surface area contributed by atoms with Crippen LogP contribution < -0.4 is 5.32 Å². The van der Waals surface area contributed by atoms with Gasteiger partial charge in [0.2, 0.25) is 0 Å². The zero-order valence-electron chi connectivity index (χ0n) is 8.30. The number of amides is 1. The van der Waals surface area contributed by atoms with Gasteiger partial charge >= 0.3 is 0 Å². The van der Waals surface area contributed by atoms with Gasteiger partial charge in [-0.1, -0.05) is 6.07 Å². The molecule has 0 unspecified atom stereocenters. The van der Waals surface area contributed by atoms with Gasteiger partial charge in [0.1, 0.15) is 5.69 Å². The van der Waals surface area contributed by atoms with Gasteiger partial charge in [-0.05, 0) is 17.5 Å². The SMILES string of the molecule is Cn1nccc1C(=O)NCc1cccs1. The van der Waals surface area contributed by atoms with Gasteiger partial charge < -0.3 is 5.32 Å². The third kappa shape index (κ3) is 2.24. The number of carbonyl (C=O) groups is 1. The molecule has 2 rings (SSSR count). The number of carbonyl (C=O) groups excluding carboxylic acids is 1. The highest BCUT2D eigenvalue weighted by molar-refractivity contribution is 7.09. The van der Waals surface area contributed by atoms with Crippen LogP contribution in [0.1, 0.15) is 15.4 Å². The van der Waals surface area contributed by atoms with Crippen LogP contribution in [0.4, 0.5) is 0 Å². The predicted molar refractivity (Wildman–Crippen MR) is 58.7 cm³/mol. The maximum absolute atomic E-state index is 11.7. The zero-order valence-corrected chi connectivity index (χ0v) is 9.12. The third-order valence-corrected chi connectivity index (χ3v) is 2.93. The molecule has 0 aliphatic rings. The van der Waals surface area contributed by atoms with Gasteiger partial charge in [0.15, 0.2) is 0 Å². The van der Waals surface area contributed by atoms with Crippen LogP contribution in [0.15, 0.2) is 29.8 Å². The Hall–Kier alpha value is -1.62. The van der Waals surface area contributed by atoms with E-state index in [0.717, 1.165) is 4.88 Å². The van der Waals surface area contributed by atoms with Crippen molar-refractivity contribution < 1.29 is 4.79 Å². The molecule has 0 aromatic carbocycles. The van der Waals surface area contributed by atoms with E-state index in [1.807, 2.05) is 17.5 Å². The van der Waals surface area contributed by atoms with Gasteiger partial charge in [-0.15, -0.1) is 11.3 Å². The van der Waals surface area contributed by atoms with Gasteiger partial charge in [-0.25, -0.2) is 0 Å². The van der Waals surface area contributed by atoms with Crippen molar-refractivity contribution >= 4 is 17.2 Å². The van der Waals surface area contributed by atoms with Crippen LogP contribution in [0, 0.1) is 0 Å². The van der Waals surface area contributed by atoms with E-state index in [1.165, 1.54) is 0 Å². The van der Waals surface area contributed by atoms with Crippen molar-refractivity contribution in [3.63, 3.8) is 0 Å². The van der Waals surface area contributed by atoms with E-state index >= 15 is 0 Å². The van der Waals surface area contributed by atoms with E-state index in [4.69, 9.17) is 0 Å².